The molecule has 2 N–H and O–H groups in total. The van der Waals surface area contributed by atoms with Gasteiger partial charge in [0.15, 0.2) is 0 Å². The van der Waals surface area contributed by atoms with Crippen LogP contribution in [0.3, 0.4) is 0 Å². The number of benzene rings is 1. The molecule has 1 aliphatic heterocycles. The standard InChI is InChI=1S/C16H25NO/c1-11(7-8-17)12-5-6-14-13(9-12)10-15(18-14)16(2,3)4/h5-6,9,11,15H,7-8,10,17H2,1-4H3. The number of nitrogens with two attached hydrogens (primary N) is 1. The summed E-state index contributed by atoms with van der Waals surface area (Å²) >= 11 is 0. The molecular formula is C16H25NO. The Morgan fingerprint density at radius 3 is 2.72 bits per heavy atom. The highest BCUT2D eigenvalue weighted by molar-refractivity contribution is 5.42. The van der Waals surface area contributed by atoms with E-state index >= 15 is 0 Å². The van der Waals surface area contributed by atoms with Crippen molar-refractivity contribution in [1.29, 1.82) is 0 Å². The predicted octanol–water partition coefficient (Wildman–Crippen LogP) is 3.49. The van der Waals surface area contributed by atoms with Crippen molar-refractivity contribution in [2.24, 2.45) is 11.1 Å². The van der Waals surface area contributed by atoms with Crippen molar-refractivity contribution in [3.8, 4) is 5.75 Å². The van der Waals surface area contributed by atoms with Crippen molar-refractivity contribution in [1.82, 2.24) is 0 Å². The van der Waals surface area contributed by atoms with Gasteiger partial charge in [0.05, 0.1) is 0 Å². The molecule has 0 aliphatic carbocycles. The van der Waals surface area contributed by atoms with E-state index in [1.807, 2.05) is 0 Å². The Bertz CT molecular complexity index is 420. The normalized spacial score (nSPS) is 20.4. The average molecular weight is 247 g/mol. The van der Waals surface area contributed by atoms with Crippen LogP contribution in [-0.4, -0.2) is 12.6 Å². The fourth-order valence-corrected chi connectivity index (χ4v) is 2.47. The summed E-state index contributed by atoms with van der Waals surface area (Å²) in [5, 5.41) is 0. The third-order valence-corrected chi connectivity index (χ3v) is 3.89. The summed E-state index contributed by atoms with van der Waals surface area (Å²) in [6.07, 6.45) is 2.37. The summed E-state index contributed by atoms with van der Waals surface area (Å²) in [5.74, 6) is 1.60. The lowest BCUT2D eigenvalue weighted by atomic mass is 9.86. The van der Waals surface area contributed by atoms with Crippen molar-refractivity contribution >= 4 is 0 Å². The SMILES string of the molecule is CC(CCN)c1ccc2c(c1)CC(C(C)(C)C)O2. The lowest BCUT2D eigenvalue weighted by Gasteiger charge is -2.25. The molecule has 0 saturated carbocycles. The highest BCUT2D eigenvalue weighted by atomic mass is 16.5. The highest BCUT2D eigenvalue weighted by Crippen LogP contribution is 2.38. The van der Waals surface area contributed by atoms with Gasteiger partial charge in [-0.05, 0) is 41.5 Å². The maximum Gasteiger partial charge on any atom is 0.123 e. The molecule has 0 radical (unpaired) electrons. The summed E-state index contributed by atoms with van der Waals surface area (Å²) in [7, 11) is 0. The van der Waals surface area contributed by atoms with Gasteiger partial charge in [-0.3, -0.25) is 0 Å². The molecule has 1 aliphatic rings. The van der Waals surface area contributed by atoms with Gasteiger partial charge < -0.3 is 10.5 Å². The average Bonchev–Trinajstić information content (AvgIpc) is 2.71. The molecule has 0 fully saturated rings. The number of fused-ring (bicyclic) bond motifs is 1. The van der Waals surface area contributed by atoms with Gasteiger partial charge in [-0.25, -0.2) is 0 Å². The monoisotopic (exact) mass is 247 g/mol. The zero-order chi connectivity index (χ0) is 13.3. The van der Waals surface area contributed by atoms with Crippen LogP contribution < -0.4 is 10.5 Å². The molecule has 2 nitrogen and oxygen atoms in total. The number of rotatable bonds is 3. The zero-order valence-corrected chi connectivity index (χ0v) is 12.0. The minimum Gasteiger partial charge on any atom is -0.489 e. The van der Waals surface area contributed by atoms with E-state index in [0.29, 0.717) is 12.0 Å². The first-order valence-electron chi connectivity index (χ1n) is 6.91. The molecule has 1 heterocycles. The van der Waals surface area contributed by atoms with E-state index in [-0.39, 0.29) is 5.41 Å². The van der Waals surface area contributed by atoms with Gasteiger partial charge in [0.1, 0.15) is 11.9 Å². The van der Waals surface area contributed by atoms with Crippen LogP contribution in [0.4, 0.5) is 0 Å². The molecule has 1 aromatic carbocycles. The van der Waals surface area contributed by atoms with Crippen LogP contribution >= 0.6 is 0 Å². The first-order chi connectivity index (χ1) is 8.41. The minimum absolute atomic E-state index is 0.196. The van der Waals surface area contributed by atoms with Crippen LogP contribution in [0.5, 0.6) is 5.75 Å². The second kappa shape index (κ2) is 4.93. The summed E-state index contributed by atoms with van der Waals surface area (Å²) in [6, 6.07) is 6.62. The number of hydrogen-bond acceptors (Lipinski definition) is 2. The van der Waals surface area contributed by atoms with Crippen molar-refractivity contribution < 1.29 is 4.74 Å². The molecule has 2 heteroatoms. The van der Waals surface area contributed by atoms with Crippen molar-refractivity contribution in [3.05, 3.63) is 29.3 Å². The Kier molecular flexibility index (Phi) is 3.67. The maximum absolute atomic E-state index is 6.04. The van der Waals surface area contributed by atoms with Gasteiger partial charge in [0, 0.05) is 6.42 Å². The third-order valence-electron chi connectivity index (χ3n) is 3.89. The Balaban J connectivity index is 2.17. The van der Waals surface area contributed by atoms with Crippen LogP contribution in [-0.2, 0) is 6.42 Å². The largest absolute Gasteiger partial charge is 0.489 e. The van der Waals surface area contributed by atoms with Crippen LogP contribution in [0.15, 0.2) is 18.2 Å². The zero-order valence-electron chi connectivity index (χ0n) is 12.0. The lowest BCUT2D eigenvalue weighted by Crippen LogP contribution is -2.30. The first kappa shape index (κ1) is 13.4. The summed E-state index contributed by atoms with van der Waals surface area (Å²) in [5.41, 5.74) is 8.57. The fraction of sp³-hybridized carbons (Fsp3) is 0.625. The molecule has 2 atom stereocenters. The van der Waals surface area contributed by atoms with Crippen LogP contribution in [0.25, 0.3) is 0 Å². The third kappa shape index (κ3) is 2.69. The summed E-state index contributed by atoms with van der Waals surface area (Å²) in [6.45, 7) is 9.70. The minimum atomic E-state index is 0.196. The van der Waals surface area contributed by atoms with Crippen molar-refractivity contribution in [2.75, 3.05) is 6.54 Å². The van der Waals surface area contributed by atoms with E-state index in [1.165, 1.54) is 11.1 Å². The Hall–Kier alpha value is -1.02. The van der Waals surface area contributed by atoms with E-state index in [0.717, 1.165) is 25.1 Å². The molecule has 100 valence electrons. The second-order valence-corrected chi connectivity index (χ2v) is 6.52. The molecule has 0 amide bonds. The quantitative estimate of drug-likeness (QED) is 0.887. The van der Waals surface area contributed by atoms with E-state index in [1.54, 1.807) is 0 Å². The van der Waals surface area contributed by atoms with Gasteiger partial charge in [0.25, 0.3) is 0 Å². The fourth-order valence-electron chi connectivity index (χ4n) is 2.47. The van der Waals surface area contributed by atoms with Crippen LogP contribution in [0.2, 0.25) is 0 Å². The Labute approximate surface area is 111 Å². The van der Waals surface area contributed by atoms with Crippen molar-refractivity contribution in [3.63, 3.8) is 0 Å². The van der Waals surface area contributed by atoms with Crippen LogP contribution in [0.1, 0.15) is 51.2 Å². The van der Waals surface area contributed by atoms with Gasteiger partial charge in [-0.15, -0.1) is 0 Å². The summed E-state index contributed by atoms with van der Waals surface area (Å²) < 4.78 is 6.04. The van der Waals surface area contributed by atoms with E-state index in [4.69, 9.17) is 10.5 Å². The molecule has 0 aromatic heterocycles. The smallest absolute Gasteiger partial charge is 0.123 e. The molecule has 0 saturated heterocycles. The molecule has 0 bridgehead atoms. The maximum atomic E-state index is 6.04. The van der Waals surface area contributed by atoms with Crippen LogP contribution in [0, 0.1) is 5.41 Å². The van der Waals surface area contributed by atoms with Gasteiger partial charge >= 0.3 is 0 Å². The predicted molar refractivity (Wildman–Crippen MR) is 76.1 cm³/mol. The highest BCUT2D eigenvalue weighted by Gasteiger charge is 2.33. The number of ether oxygens (including phenoxy) is 1. The molecule has 2 rings (SSSR count). The van der Waals surface area contributed by atoms with E-state index in [9.17, 15) is 0 Å². The lowest BCUT2D eigenvalue weighted by molar-refractivity contribution is 0.109. The van der Waals surface area contributed by atoms with E-state index in [2.05, 4.69) is 45.9 Å². The Morgan fingerprint density at radius 2 is 2.11 bits per heavy atom. The molecule has 0 spiro atoms. The molecular weight excluding hydrogens is 222 g/mol. The topological polar surface area (TPSA) is 35.2 Å². The first-order valence-corrected chi connectivity index (χ1v) is 6.91. The van der Waals surface area contributed by atoms with Gasteiger partial charge in [0.2, 0.25) is 0 Å². The number of hydrogen-bond donors (Lipinski definition) is 1. The van der Waals surface area contributed by atoms with Gasteiger partial charge in [-0.2, -0.15) is 0 Å². The summed E-state index contributed by atoms with van der Waals surface area (Å²) in [4.78, 5) is 0. The van der Waals surface area contributed by atoms with Gasteiger partial charge in [-0.1, -0.05) is 39.8 Å². The van der Waals surface area contributed by atoms with Crippen molar-refractivity contribution in [2.45, 2.75) is 52.6 Å². The van der Waals surface area contributed by atoms with E-state index < -0.39 is 0 Å². The molecule has 2 unspecified atom stereocenters. The second-order valence-electron chi connectivity index (χ2n) is 6.52. The molecule has 18 heavy (non-hydrogen) atoms. The Morgan fingerprint density at radius 1 is 1.39 bits per heavy atom. The molecule has 1 aromatic rings.